The van der Waals surface area contributed by atoms with Gasteiger partial charge in [-0.3, -0.25) is 43.3 Å². The van der Waals surface area contributed by atoms with E-state index in [0.29, 0.717) is 64.1 Å². The van der Waals surface area contributed by atoms with E-state index >= 15 is 79.0 Å². The van der Waals surface area contributed by atoms with E-state index in [1.54, 1.807) is 24.3 Å². The molecule has 0 atom stereocenters. The number of halogens is 18. The maximum atomic E-state index is 15.7. The molecule has 4 aliphatic heterocycles. The highest BCUT2D eigenvalue weighted by atomic mass is 19.4. The average Bonchev–Trinajstić information content (AvgIpc) is 1.13. The van der Waals surface area contributed by atoms with E-state index in [1.807, 2.05) is 6.92 Å². The minimum atomic E-state index is -6.47. The van der Waals surface area contributed by atoms with Crippen molar-refractivity contribution < 1.29 is 122 Å². The van der Waals surface area contributed by atoms with Crippen molar-refractivity contribution in [2.75, 3.05) is 21.7 Å². The zero-order valence-corrected chi connectivity index (χ0v) is 48.9. The molecule has 13 nitrogen and oxygen atoms in total. The van der Waals surface area contributed by atoms with Crippen LogP contribution in [0, 0.1) is 6.92 Å². The summed E-state index contributed by atoms with van der Waals surface area (Å²) in [6.07, 6.45) is -38.6. The van der Waals surface area contributed by atoms with Crippen LogP contribution < -0.4 is 19.4 Å². The summed E-state index contributed by atoms with van der Waals surface area (Å²) < 4.78 is 285. The average molecular weight is 1380 g/mol. The van der Waals surface area contributed by atoms with E-state index in [-0.39, 0.29) is 94.0 Å². The Kier molecular flexibility index (Phi) is 15.0. The fourth-order valence-corrected chi connectivity index (χ4v) is 12.8. The molecule has 31 heteroatoms. The molecule has 0 aliphatic carbocycles. The Hall–Kier alpha value is -11.1. The number of benzene rings is 8. The van der Waals surface area contributed by atoms with Gasteiger partial charge in [0.1, 0.15) is 11.5 Å². The van der Waals surface area contributed by atoms with Gasteiger partial charge in [0.25, 0.3) is 47.3 Å². The molecule has 8 aromatic rings. The molecule has 4 heterocycles. The summed E-state index contributed by atoms with van der Waals surface area (Å²) in [5.41, 5.74) is -34.2. The molecule has 8 aromatic carbocycles. The van der Waals surface area contributed by atoms with Gasteiger partial charge in [0, 0.05) is 7.05 Å². The molecule has 8 amide bonds. The van der Waals surface area contributed by atoms with Gasteiger partial charge in [-0.25, -0.2) is 14.7 Å². The summed E-state index contributed by atoms with van der Waals surface area (Å²) in [4.78, 5) is 109. The first-order chi connectivity index (χ1) is 45.6. The molecule has 0 saturated heterocycles. The summed E-state index contributed by atoms with van der Waals surface area (Å²) >= 11 is 0. The van der Waals surface area contributed by atoms with Crippen molar-refractivity contribution in [1.29, 1.82) is 0 Å². The van der Waals surface area contributed by atoms with Crippen molar-refractivity contribution in [2.24, 2.45) is 0 Å². The normalized spacial score (nSPS) is 15.6. The summed E-state index contributed by atoms with van der Waals surface area (Å²) in [6, 6.07) is 16.5. The predicted octanol–water partition coefficient (Wildman–Crippen LogP) is 15.6. The second-order valence-electron chi connectivity index (χ2n) is 22.8. The molecule has 0 saturated carbocycles. The third-order valence-electron chi connectivity index (χ3n) is 17.5. The Morgan fingerprint density at radius 1 is 0.255 bits per heavy atom. The smallest absolute Gasteiger partial charge is 0.411 e. The summed E-state index contributed by atoms with van der Waals surface area (Å²) in [5.74, 6) is -10.9. The fraction of sp³-hybridized carbons (Fsp3) is 0.164. The lowest BCUT2D eigenvalue weighted by molar-refractivity contribution is -0.290. The van der Waals surface area contributed by atoms with Gasteiger partial charge < -0.3 is 4.74 Å². The van der Waals surface area contributed by atoms with Crippen molar-refractivity contribution in [2.45, 2.75) is 60.2 Å². The minimum absolute atomic E-state index is 0.00251. The number of rotatable bonds is 11. The molecule has 0 N–H and O–H groups in total. The fourth-order valence-electron chi connectivity index (χ4n) is 12.8. The van der Waals surface area contributed by atoms with E-state index in [9.17, 15) is 38.4 Å². The Morgan fingerprint density at radius 3 is 0.735 bits per heavy atom. The van der Waals surface area contributed by atoms with Gasteiger partial charge >= 0.3 is 37.1 Å². The molecular weight excluding hydrogens is 1350 g/mol. The number of nitrogens with zero attached hydrogens (tertiary/aromatic N) is 4. The predicted molar refractivity (Wildman–Crippen MR) is 305 cm³/mol. The number of alkyl halides is 18. The number of ether oxygens (including phenoxy) is 1. The van der Waals surface area contributed by atoms with Crippen LogP contribution in [0.15, 0.2) is 170 Å². The van der Waals surface area contributed by atoms with Crippen molar-refractivity contribution in [3.05, 3.63) is 253 Å². The molecule has 4 aliphatic rings. The number of carbonyl (C=O) groups excluding carboxylic acids is 8. The van der Waals surface area contributed by atoms with Gasteiger partial charge in [0.05, 0.1) is 61.6 Å². The first-order valence-corrected chi connectivity index (χ1v) is 28.1. The number of fused-ring (bicyclic) bond motifs is 4. The van der Waals surface area contributed by atoms with Crippen LogP contribution in [0.25, 0.3) is 0 Å². The van der Waals surface area contributed by atoms with Gasteiger partial charge in [-0.15, -0.1) is 0 Å². The Morgan fingerprint density at radius 2 is 0.459 bits per heavy atom. The maximum Gasteiger partial charge on any atom is 0.411 e. The first-order valence-electron chi connectivity index (χ1n) is 28.1. The van der Waals surface area contributed by atoms with E-state index < -0.39 is 190 Å². The van der Waals surface area contributed by atoms with Gasteiger partial charge in [-0.1, -0.05) is 66.2 Å². The molecule has 0 radical (unpaired) electrons. The summed E-state index contributed by atoms with van der Waals surface area (Å²) in [6.45, 7) is 1.82. The van der Waals surface area contributed by atoms with Crippen LogP contribution in [0.1, 0.15) is 122 Å². The number of hydrogen-bond acceptors (Lipinski definition) is 9. The third-order valence-corrected chi connectivity index (χ3v) is 17.5. The van der Waals surface area contributed by atoms with E-state index in [4.69, 9.17) is 4.74 Å². The lowest BCUT2D eigenvalue weighted by atomic mass is 9.71. The van der Waals surface area contributed by atoms with Crippen molar-refractivity contribution in [1.82, 2.24) is 4.90 Å². The molecular formula is C67H34F18N4O9. The highest BCUT2D eigenvalue weighted by Gasteiger charge is 2.75. The number of hydrogen-bond donors (Lipinski definition) is 0. The van der Waals surface area contributed by atoms with Crippen LogP contribution in [0.5, 0.6) is 11.5 Å². The third kappa shape index (κ3) is 9.48. The Labute approximate surface area is 536 Å². The van der Waals surface area contributed by atoms with Crippen LogP contribution >= 0.6 is 0 Å². The summed E-state index contributed by atoms with van der Waals surface area (Å²) in [7, 11) is 0.897. The van der Waals surface area contributed by atoms with Crippen molar-refractivity contribution in [3.8, 4) is 11.5 Å². The highest BCUT2D eigenvalue weighted by Crippen LogP contribution is 2.61. The second kappa shape index (κ2) is 21.9. The van der Waals surface area contributed by atoms with E-state index in [1.165, 1.54) is 24.3 Å². The van der Waals surface area contributed by atoms with Crippen LogP contribution in [0.3, 0.4) is 0 Å². The minimum Gasteiger partial charge on any atom is -0.457 e. The molecule has 0 bridgehead atoms. The monoisotopic (exact) mass is 1380 g/mol. The zero-order valence-electron chi connectivity index (χ0n) is 48.9. The largest absolute Gasteiger partial charge is 0.457 e. The van der Waals surface area contributed by atoms with Crippen molar-refractivity contribution >= 4 is 64.3 Å². The maximum absolute atomic E-state index is 15.7. The van der Waals surface area contributed by atoms with Gasteiger partial charge in [-0.05, 0) is 149 Å². The highest BCUT2D eigenvalue weighted by molar-refractivity contribution is 6.36. The van der Waals surface area contributed by atoms with Crippen LogP contribution in [-0.4, -0.2) is 96.3 Å². The van der Waals surface area contributed by atoms with Gasteiger partial charge in [0.15, 0.2) is 0 Å². The molecule has 12 rings (SSSR count). The van der Waals surface area contributed by atoms with Crippen LogP contribution in [0.4, 0.5) is 96.1 Å². The topological polar surface area (TPSA) is 159 Å². The molecule has 0 unspecified atom stereocenters. The second-order valence-corrected chi connectivity index (χ2v) is 22.8. The standard InChI is InChI=1S/C67H34F18N4O9/c1-31-3-19-41(20-4-31)98-42-21-17-40(18-22-42)89-55(94)46-26-12-37(30-50(46)58(89)97)61(66(80,81)82,67(83,84)85)36-11-25-45-49(29-36)57(96)88(54(45)93)39-15-7-33(8-16-39)59(62(68,69)70,63(71,72)73)32-5-13-38(14-6-32)87-53(92)44-24-10-35(28-48(44)56(87)95)60(64(74,75)76,65(77,78)79)34-9-23-43-47(27-34)52(91)86(2)51(43)90/h3-30H,1-2H3. The number of imide groups is 4. The lowest BCUT2D eigenvalue weighted by Gasteiger charge is -2.38. The molecule has 0 fully saturated rings. The first kappa shape index (κ1) is 66.9. The molecule has 98 heavy (non-hydrogen) atoms. The van der Waals surface area contributed by atoms with Crippen LogP contribution in [-0.2, 0) is 16.2 Å². The lowest BCUT2D eigenvalue weighted by Crippen LogP contribution is -2.55. The number of anilines is 3. The summed E-state index contributed by atoms with van der Waals surface area (Å²) in [5, 5.41) is 0. The molecule has 502 valence electrons. The van der Waals surface area contributed by atoms with Gasteiger partial charge in [-0.2, -0.15) is 79.0 Å². The number of aryl methyl sites for hydroxylation is 1. The quantitative estimate of drug-likeness (QED) is 0.0907. The number of carbonyl (C=O) groups is 8. The van der Waals surface area contributed by atoms with E-state index in [0.717, 1.165) is 12.6 Å². The van der Waals surface area contributed by atoms with Crippen molar-refractivity contribution in [3.63, 3.8) is 0 Å². The zero-order chi connectivity index (χ0) is 71.5. The molecule has 0 spiro atoms. The Bertz CT molecular complexity index is 4740. The van der Waals surface area contributed by atoms with Crippen LogP contribution in [0.2, 0.25) is 0 Å². The Balaban J connectivity index is 0.841. The van der Waals surface area contributed by atoms with Gasteiger partial charge in [0.2, 0.25) is 16.2 Å². The van der Waals surface area contributed by atoms with E-state index in [2.05, 4.69) is 0 Å². The number of amides is 8. The SMILES string of the molecule is Cc1ccc(Oc2ccc(N3C(=O)c4ccc(C(c5ccc6c(c5)C(=O)N(c5ccc(C(c7ccc(N8C(=O)c9ccc(C(c%10ccc%11c(c%10)C(=O)N(C)C%11=O)(C(F)(F)F)C(F)(F)F)cc9C8=O)cc7)(C(F)(F)F)C(F)(F)F)cc5)C6=O)(C(F)(F)F)C(F)(F)F)cc4C3=O)cc2)cc1. The molecule has 0 aromatic heterocycles.